The molecule has 3 rings (SSSR count). The molecule has 0 saturated heterocycles. The Bertz CT molecular complexity index is 598. The van der Waals surface area contributed by atoms with Crippen LogP contribution in [-0.2, 0) is 0 Å². The first-order valence-corrected chi connectivity index (χ1v) is 6.90. The second-order valence-corrected chi connectivity index (χ2v) is 5.19. The van der Waals surface area contributed by atoms with Crippen LogP contribution in [-0.4, -0.2) is 5.91 Å². The van der Waals surface area contributed by atoms with Crippen molar-refractivity contribution in [1.29, 1.82) is 0 Å². The summed E-state index contributed by atoms with van der Waals surface area (Å²) in [6.07, 6.45) is 3.94. The molecule has 3 nitrogen and oxygen atoms in total. The smallest absolute Gasteiger partial charge is 0.248 e. The van der Waals surface area contributed by atoms with E-state index in [2.05, 4.69) is 12.1 Å². The number of nitrogens with two attached hydrogens (primary N) is 1. The van der Waals surface area contributed by atoms with Gasteiger partial charge in [0.15, 0.2) is 0 Å². The summed E-state index contributed by atoms with van der Waals surface area (Å²) >= 11 is 0. The van der Waals surface area contributed by atoms with Crippen molar-refractivity contribution in [1.82, 2.24) is 0 Å². The number of primary amides is 1. The Labute approximate surface area is 118 Å². The fourth-order valence-electron chi connectivity index (χ4n) is 2.37. The van der Waals surface area contributed by atoms with Gasteiger partial charge in [-0.1, -0.05) is 18.6 Å². The van der Waals surface area contributed by atoms with Crippen molar-refractivity contribution in [3.05, 3.63) is 59.7 Å². The number of carbonyl (C=O) groups is 1. The van der Waals surface area contributed by atoms with Crippen molar-refractivity contribution >= 4 is 5.91 Å². The number of benzene rings is 2. The van der Waals surface area contributed by atoms with E-state index < -0.39 is 5.91 Å². The van der Waals surface area contributed by atoms with Gasteiger partial charge in [0.1, 0.15) is 11.5 Å². The molecule has 1 amide bonds. The van der Waals surface area contributed by atoms with Gasteiger partial charge in [-0.15, -0.1) is 0 Å². The zero-order valence-corrected chi connectivity index (χ0v) is 11.2. The van der Waals surface area contributed by atoms with Gasteiger partial charge in [-0.25, -0.2) is 0 Å². The van der Waals surface area contributed by atoms with Gasteiger partial charge in [0, 0.05) is 5.56 Å². The van der Waals surface area contributed by atoms with Crippen LogP contribution in [0.2, 0.25) is 0 Å². The van der Waals surface area contributed by atoms with Crippen LogP contribution in [0.15, 0.2) is 48.5 Å². The highest BCUT2D eigenvalue weighted by molar-refractivity contribution is 5.92. The molecular formula is C17H17NO2. The van der Waals surface area contributed by atoms with Crippen LogP contribution in [0, 0.1) is 0 Å². The first kappa shape index (κ1) is 12.7. The summed E-state index contributed by atoms with van der Waals surface area (Å²) in [5.41, 5.74) is 7.08. The molecule has 20 heavy (non-hydrogen) atoms. The molecule has 0 bridgehead atoms. The third-order valence-electron chi connectivity index (χ3n) is 3.83. The summed E-state index contributed by atoms with van der Waals surface area (Å²) in [7, 11) is 0. The van der Waals surface area contributed by atoms with E-state index in [4.69, 9.17) is 10.5 Å². The first-order chi connectivity index (χ1) is 9.72. The Balaban J connectivity index is 1.68. The van der Waals surface area contributed by atoms with Crippen molar-refractivity contribution in [3.8, 4) is 11.5 Å². The standard InChI is InChI=1S/C17H17NO2/c18-17(19)14-6-10-16(11-7-14)20-15-8-4-13(5-9-15)12-2-1-3-12/h4-12H,1-3H2,(H2,18,19). The number of hydrogen-bond acceptors (Lipinski definition) is 2. The van der Waals surface area contributed by atoms with Gasteiger partial charge in [-0.2, -0.15) is 0 Å². The minimum absolute atomic E-state index is 0.429. The zero-order valence-electron chi connectivity index (χ0n) is 11.2. The molecule has 0 atom stereocenters. The summed E-state index contributed by atoms with van der Waals surface area (Å²) in [5, 5.41) is 0. The molecule has 2 aromatic rings. The van der Waals surface area contributed by atoms with Gasteiger partial charge in [0.2, 0.25) is 5.91 Å². The number of carbonyl (C=O) groups excluding carboxylic acids is 1. The van der Waals surface area contributed by atoms with E-state index in [1.54, 1.807) is 24.3 Å². The summed E-state index contributed by atoms with van der Waals surface area (Å²) in [6, 6.07) is 15.1. The Hall–Kier alpha value is -2.29. The van der Waals surface area contributed by atoms with Crippen molar-refractivity contribution in [2.75, 3.05) is 0 Å². The third-order valence-corrected chi connectivity index (χ3v) is 3.83. The average Bonchev–Trinajstić information content (AvgIpc) is 2.39. The summed E-state index contributed by atoms with van der Waals surface area (Å²) in [5.74, 6) is 1.81. The molecule has 2 aromatic carbocycles. The van der Waals surface area contributed by atoms with E-state index in [1.807, 2.05) is 12.1 Å². The summed E-state index contributed by atoms with van der Waals surface area (Å²) in [6.45, 7) is 0. The largest absolute Gasteiger partial charge is 0.457 e. The monoisotopic (exact) mass is 267 g/mol. The molecule has 1 fully saturated rings. The summed E-state index contributed by atoms with van der Waals surface area (Å²) in [4.78, 5) is 11.0. The molecule has 0 aliphatic heterocycles. The number of hydrogen-bond donors (Lipinski definition) is 1. The molecule has 0 unspecified atom stereocenters. The van der Waals surface area contributed by atoms with E-state index in [0.29, 0.717) is 11.3 Å². The second-order valence-electron chi connectivity index (χ2n) is 5.19. The predicted molar refractivity (Wildman–Crippen MR) is 78.1 cm³/mol. The number of amides is 1. The molecule has 1 aliphatic rings. The van der Waals surface area contributed by atoms with Crippen LogP contribution in [0.1, 0.15) is 41.1 Å². The van der Waals surface area contributed by atoms with E-state index in [1.165, 1.54) is 24.8 Å². The Morgan fingerprint density at radius 2 is 1.50 bits per heavy atom. The SMILES string of the molecule is NC(=O)c1ccc(Oc2ccc(C3CCC3)cc2)cc1. The molecule has 2 N–H and O–H groups in total. The maximum atomic E-state index is 11.0. The normalized spacial score (nSPS) is 14.6. The van der Waals surface area contributed by atoms with E-state index in [-0.39, 0.29) is 0 Å². The maximum Gasteiger partial charge on any atom is 0.248 e. The van der Waals surface area contributed by atoms with Crippen LogP contribution in [0.3, 0.4) is 0 Å². The van der Waals surface area contributed by atoms with Gasteiger partial charge in [-0.3, -0.25) is 4.79 Å². The lowest BCUT2D eigenvalue weighted by Gasteiger charge is -2.25. The highest BCUT2D eigenvalue weighted by atomic mass is 16.5. The number of rotatable bonds is 4. The van der Waals surface area contributed by atoms with Gasteiger partial charge in [0.25, 0.3) is 0 Å². The lowest BCUT2D eigenvalue weighted by molar-refractivity contribution is 0.100. The van der Waals surface area contributed by atoms with Gasteiger partial charge < -0.3 is 10.5 Å². The van der Waals surface area contributed by atoms with Crippen LogP contribution in [0.25, 0.3) is 0 Å². The zero-order chi connectivity index (χ0) is 13.9. The fourth-order valence-corrected chi connectivity index (χ4v) is 2.37. The molecule has 0 aromatic heterocycles. The van der Waals surface area contributed by atoms with Gasteiger partial charge in [-0.05, 0) is 60.7 Å². The molecule has 0 heterocycles. The number of ether oxygens (including phenoxy) is 1. The van der Waals surface area contributed by atoms with Crippen molar-refractivity contribution in [3.63, 3.8) is 0 Å². The average molecular weight is 267 g/mol. The summed E-state index contributed by atoms with van der Waals surface area (Å²) < 4.78 is 5.75. The van der Waals surface area contributed by atoms with Crippen LogP contribution >= 0.6 is 0 Å². The first-order valence-electron chi connectivity index (χ1n) is 6.90. The lowest BCUT2D eigenvalue weighted by atomic mass is 9.80. The predicted octanol–water partition coefficient (Wildman–Crippen LogP) is 3.85. The molecule has 102 valence electrons. The quantitative estimate of drug-likeness (QED) is 0.914. The Morgan fingerprint density at radius 1 is 0.950 bits per heavy atom. The minimum Gasteiger partial charge on any atom is -0.457 e. The van der Waals surface area contributed by atoms with Crippen LogP contribution in [0.5, 0.6) is 11.5 Å². The molecule has 3 heteroatoms. The Kier molecular flexibility index (Phi) is 3.42. The maximum absolute atomic E-state index is 11.0. The van der Waals surface area contributed by atoms with Crippen molar-refractivity contribution in [2.24, 2.45) is 5.73 Å². The van der Waals surface area contributed by atoms with E-state index in [0.717, 1.165) is 11.7 Å². The molecular weight excluding hydrogens is 250 g/mol. The van der Waals surface area contributed by atoms with Crippen molar-refractivity contribution < 1.29 is 9.53 Å². The fraction of sp³-hybridized carbons (Fsp3) is 0.235. The van der Waals surface area contributed by atoms with Crippen LogP contribution < -0.4 is 10.5 Å². The molecule has 1 aliphatic carbocycles. The van der Waals surface area contributed by atoms with Crippen molar-refractivity contribution in [2.45, 2.75) is 25.2 Å². The highest BCUT2D eigenvalue weighted by Gasteiger charge is 2.18. The lowest BCUT2D eigenvalue weighted by Crippen LogP contribution is -2.10. The molecule has 1 saturated carbocycles. The second kappa shape index (κ2) is 5.37. The van der Waals surface area contributed by atoms with Gasteiger partial charge in [0.05, 0.1) is 0 Å². The highest BCUT2D eigenvalue weighted by Crippen LogP contribution is 2.37. The minimum atomic E-state index is -0.429. The van der Waals surface area contributed by atoms with Gasteiger partial charge >= 0.3 is 0 Å². The van der Waals surface area contributed by atoms with Crippen LogP contribution in [0.4, 0.5) is 0 Å². The van der Waals surface area contributed by atoms with E-state index in [9.17, 15) is 4.79 Å². The molecule has 0 radical (unpaired) electrons. The third kappa shape index (κ3) is 2.67. The molecule has 0 spiro atoms. The topological polar surface area (TPSA) is 52.3 Å². The Morgan fingerprint density at radius 3 is 1.95 bits per heavy atom. The van der Waals surface area contributed by atoms with E-state index >= 15 is 0 Å².